The second-order valence-electron chi connectivity index (χ2n) is 3.86. The van der Waals surface area contributed by atoms with Crippen LogP contribution in [0.3, 0.4) is 0 Å². The van der Waals surface area contributed by atoms with E-state index in [1.54, 1.807) is 6.07 Å². The molecule has 3 nitrogen and oxygen atoms in total. The van der Waals surface area contributed by atoms with E-state index in [2.05, 4.69) is 13.8 Å². The Bertz CT molecular complexity index is 333. The molecule has 17 heavy (non-hydrogen) atoms. The molecule has 0 bridgehead atoms. The average molecular weight is 234 g/mol. The molecule has 0 atom stereocenters. The highest BCUT2D eigenvalue weighted by atomic mass is 16.6. The summed E-state index contributed by atoms with van der Waals surface area (Å²) >= 11 is 0. The molecular formula is C13H19BO3. The van der Waals surface area contributed by atoms with Crippen LogP contribution in [0.25, 0.3) is 0 Å². The summed E-state index contributed by atoms with van der Waals surface area (Å²) < 4.78 is 11.3. The van der Waals surface area contributed by atoms with Crippen molar-refractivity contribution < 1.29 is 14.1 Å². The first-order chi connectivity index (χ1) is 8.31. The molecule has 0 spiro atoms. The Morgan fingerprint density at radius 2 is 1.82 bits per heavy atom. The molecule has 0 aliphatic heterocycles. The Hall–Kier alpha value is -1.13. The number of aldehydes is 1. The SMILES string of the molecule is CCCOB(OCCC)c1cccc(C=O)c1. The van der Waals surface area contributed by atoms with E-state index < -0.39 is 0 Å². The van der Waals surface area contributed by atoms with Gasteiger partial charge < -0.3 is 9.31 Å². The Balaban J connectivity index is 2.74. The van der Waals surface area contributed by atoms with Gasteiger partial charge in [-0.2, -0.15) is 0 Å². The van der Waals surface area contributed by atoms with Gasteiger partial charge in [0.1, 0.15) is 6.29 Å². The summed E-state index contributed by atoms with van der Waals surface area (Å²) in [5.74, 6) is 0. The van der Waals surface area contributed by atoms with Gasteiger partial charge in [0.2, 0.25) is 0 Å². The second-order valence-corrected chi connectivity index (χ2v) is 3.86. The molecular weight excluding hydrogens is 215 g/mol. The zero-order chi connectivity index (χ0) is 12.5. The molecule has 0 N–H and O–H groups in total. The molecule has 0 radical (unpaired) electrons. The summed E-state index contributed by atoms with van der Waals surface area (Å²) in [6.07, 6.45) is 2.72. The molecule has 0 aliphatic carbocycles. The van der Waals surface area contributed by atoms with Crippen molar-refractivity contribution in [2.75, 3.05) is 13.2 Å². The topological polar surface area (TPSA) is 35.5 Å². The van der Waals surface area contributed by atoms with E-state index in [1.807, 2.05) is 18.2 Å². The van der Waals surface area contributed by atoms with E-state index in [9.17, 15) is 4.79 Å². The minimum absolute atomic E-state index is 0.366. The fourth-order valence-electron chi connectivity index (χ4n) is 1.47. The molecule has 0 saturated carbocycles. The number of carbonyl (C=O) groups is 1. The molecule has 0 aliphatic rings. The van der Waals surface area contributed by atoms with Gasteiger partial charge in [-0.15, -0.1) is 0 Å². The van der Waals surface area contributed by atoms with Gasteiger partial charge in [0.05, 0.1) is 0 Å². The van der Waals surface area contributed by atoms with E-state index in [1.165, 1.54) is 0 Å². The second kappa shape index (κ2) is 8.04. The van der Waals surface area contributed by atoms with Gasteiger partial charge in [0, 0.05) is 18.8 Å². The van der Waals surface area contributed by atoms with Crippen LogP contribution in [0.2, 0.25) is 0 Å². The van der Waals surface area contributed by atoms with Crippen LogP contribution < -0.4 is 5.46 Å². The Kier molecular flexibility index (Phi) is 6.59. The first-order valence-corrected chi connectivity index (χ1v) is 6.10. The van der Waals surface area contributed by atoms with Gasteiger partial charge in [0.25, 0.3) is 0 Å². The van der Waals surface area contributed by atoms with E-state index in [0.717, 1.165) is 24.6 Å². The lowest BCUT2D eigenvalue weighted by Gasteiger charge is -2.14. The third kappa shape index (κ3) is 4.71. The fourth-order valence-corrected chi connectivity index (χ4v) is 1.47. The molecule has 4 heteroatoms. The highest BCUT2D eigenvalue weighted by Gasteiger charge is 2.20. The maximum absolute atomic E-state index is 10.7. The highest BCUT2D eigenvalue weighted by molar-refractivity contribution is 6.61. The zero-order valence-corrected chi connectivity index (χ0v) is 10.5. The fraction of sp³-hybridized carbons (Fsp3) is 0.462. The van der Waals surface area contributed by atoms with Crippen LogP contribution in [0.5, 0.6) is 0 Å². The average Bonchev–Trinajstić information content (AvgIpc) is 2.39. The summed E-state index contributed by atoms with van der Waals surface area (Å²) in [7, 11) is -0.366. The van der Waals surface area contributed by atoms with Gasteiger partial charge in [-0.25, -0.2) is 0 Å². The van der Waals surface area contributed by atoms with Gasteiger partial charge in [0.15, 0.2) is 0 Å². The first kappa shape index (κ1) is 13.9. The van der Waals surface area contributed by atoms with Crippen molar-refractivity contribution in [2.24, 2.45) is 0 Å². The van der Waals surface area contributed by atoms with E-state index in [0.29, 0.717) is 18.8 Å². The van der Waals surface area contributed by atoms with Crippen LogP contribution in [-0.2, 0) is 9.31 Å². The minimum atomic E-state index is -0.366. The van der Waals surface area contributed by atoms with E-state index >= 15 is 0 Å². The molecule has 1 rings (SSSR count). The number of carbonyl (C=O) groups excluding carboxylic acids is 1. The predicted molar refractivity (Wildman–Crippen MR) is 69.7 cm³/mol. The summed E-state index contributed by atoms with van der Waals surface area (Å²) in [5.41, 5.74) is 1.55. The van der Waals surface area contributed by atoms with Crippen molar-refractivity contribution in [1.82, 2.24) is 0 Å². The van der Waals surface area contributed by atoms with Gasteiger partial charge in [-0.3, -0.25) is 4.79 Å². The third-order valence-electron chi connectivity index (χ3n) is 2.27. The Morgan fingerprint density at radius 3 is 2.35 bits per heavy atom. The number of benzene rings is 1. The van der Waals surface area contributed by atoms with Crippen LogP contribution in [0.15, 0.2) is 24.3 Å². The van der Waals surface area contributed by atoms with Crippen LogP contribution in [-0.4, -0.2) is 26.6 Å². The van der Waals surface area contributed by atoms with Gasteiger partial charge in [-0.1, -0.05) is 38.1 Å². The minimum Gasteiger partial charge on any atom is -0.407 e. The molecule has 0 fully saturated rings. The summed E-state index contributed by atoms with van der Waals surface area (Å²) in [6, 6.07) is 7.34. The van der Waals surface area contributed by atoms with Crippen molar-refractivity contribution >= 4 is 18.9 Å². The smallest absolute Gasteiger partial charge is 0.407 e. The van der Waals surface area contributed by atoms with Crippen molar-refractivity contribution in [3.8, 4) is 0 Å². The zero-order valence-electron chi connectivity index (χ0n) is 10.5. The largest absolute Gasteiger partial charge is 0.493 e. The van der Waals surface area contributed by atoms with Crippen LogP contribution >= 0.6 is 0 Å². The lowest BCUT2D eigenvalue weighted by Crippen LogP contribution is -2.37. The first-order valence-electron chi connectivity index (χ1n) is 6.10. The number of hydrogen-bond acceptors (Lipinski definition) is 3. The Labute approximate surface area is 103 Å². The standard InChI is InChI=1S/C13H19BO3/c1-3-8-16-14(17-9-4-2)13-7-5-6-12(10-13)11-15/h5-7,10-11H,3-4,8-9H2,1-2H3. The number of hydrogen-bond donors (Lipinski definition) is 0. The highest BCUT2D eigenvalue weighted by Crippen LogP contribution is 1.99. The number of rotatable bonds is 8. The van der Waals surface area contributed by atoms with E-state index in [4.69, 9.17) is 9.31 Å². The summed E-state index contributed by atoms with van der Waals surface area (Å²) in [5, 5.41) is 0. The van der Waals surface area contributed by atoms with Gasteiger partial charge in [-0.05, 0) is 18.3 Å². The monoisotopic (exact) mass is 234 g/mol. The van der Waals surface area contributed by atoms with Crippen molar-refractivity contribution in [3.63, 3.8) is 0 Å². The van der Waals surface area contributed by atoms with Crippen molar-refractivity contribution in [2.45, 2.75) is 26.7 Å². The van der Waals surface area contributed by atoms with Crippen molar-refractivity contribution in [1.29, 1.82) is 0 Å². The van der Waals surface area contributed by atoms with Gasteiger partial charge >= 0.3 is 7.12 Å². The normalized spacial score (nSPS) is 10.2. The summed E-state index contributed by atoms with van der Waals surface area (Å²) in [6.45, 7) is 5.41. The van der Waals surface area contributed by atoms with Crippen LogP contribution in [0, 0.1) is 0 Å². The van der Waals surface area contributed by atoms with Crippen LogP contribution in [0.1, 0.15) is 37.0 Å². The predicted octanol–water partition coefficient (Wildman–Crippen LogP) is 2.05. The van der Waals surface area contributed by atoms with Crippen LogP contribution in [0.4, 0.5) is 0 Å². The molecule has 0 aromatic heterocycles. The molecule has 0 amide bonds. The maximum Gasteiger partial charge on any atom is 0.493 e. The lowest BCUT2D eigenvalue weighted by molar-refractivity contribution is 0.112. The molecule has 92 valence electrons. The molecule has 0 heterocycles. The molecule has 1 aromatic carbocycles. The quantitative estimate of drug-likeness (QED) is 0.510. The third-order valence-corrected chi connectivity index (χ3v) is 2.27. The van der Waals surface area contributed by atoms with Crippen molar-refractivity contribution in [3.05, 3.63) is 29.8 Å². The molecule has 0 unspecified atom stereocenters. The summed E-state index contributed by atoms with van der Waals surface area (Å²) in [4.78, 5) is 10.7. The molecule has 1 aromatic rings. The maximum atomic E-state index is 10.7. The molecule has 0 saturated heterocycles. The van der Waals surface area contributed by atoms with E-state index in [-0.39, 0.29) is 7.12 Å². The lowest BCUT2D eigenvalue weighted by atomic mass is 9.78. The Morgan fingerprint density at radius 1 is 1.18 bits per heavy atom.